The van der Waals surface area contributed by atoms with Crippen LogP contribution in [-0.2, 0) is 6.42 Å². The summed E-state index contributed by atoms with van der Waals surface area (Å²) in [5, 5.41) is 15.5. The van der Waals surface area contributed by atoms with Gasteiger partial charge in [0.05, 0.1) is 10.4 Å². The zero-order valence-electron chi connectivity index (χ0n) is 9.60. The quantitative estimate of drug-likeness (QED) is 0.903. The second kappa shape index (κ2) is 5.32. The molecule has 4 nitrogen and oxygen atoms in total. The number of carbonyl (C=O) groups excluding carboxylic acids is 1. The Morgan fingerprint density at radius 3 is 2.67 bits per heavy atom. The molecule has 0 aliphatic heterocycles. The van der Waals surface area contributed by atoms with E-state index in [1.165, 1.54) is 28.7 Å². The van der Waals surface area contributed by atoms with E-state index in [0.29, 0.717) is 9.88 Å². The fourth-order valence-electron chi connectivity index (χ4n) is 1.55. The summed E-state index contributed by atoms with van der Waals surface area (Å²) in [6.45, 7) is 1.98. The van der Waals surface area contributed by atoms with Crippen molar-refractivity contribution in [3.8, 4) is 0 Å². The summed E-state index contributed by atoms with van der Waals surface area (Å²) in [6.07, 6.45) is 0.780. The highest BCUT2D eigenvalue weighted by molar-refractivity contribution is 7.15. The maximum Gasteiger partial charge on any atom is 0.338 e. The number of aryl methyl sites for hydroxylation is 1. The van der Waals surface area contributed by atoms with Gasteiger partial charge in [0.25, 0.3) is 5.91 Å². The smallest absolute Gasteiger partial charge is 0.338 e. The first-order valence-corrected chi connectivity index (χ1v) is 7.08. The molecule has 2 aromatic heterocycles. The van der Waals surface area contributed by atoms with E-state index in [1.54, 1.807) is 5.38 Å². The molecule has 0 aliphatic rings. The van der Waals surface area contributed by atoms with Crippen molar-refractivity contribution >= 4 is 39.6 Å². The van der Waals surface area contributed by atoms with Gasteiger partial charge in [0.15, 0.2) is 0 Å². The van der Waals surface area contributed by atoms with Gasteiger partial charge in [-0.15, -0.1) is 22.7 Å². The van der Waals surface area contributed by atoms with Crippen LogP contribution < -0.4 is 5.32 Å². The van der Waals surface area contributed by atoms with Gasteiger partial charge in [0, 0.05) is 0 Å². The minimum Gasteiger partial charge on any atom is -0.478 e. The molecule has 0 saturated carbocycles. The van der Waals surface area contributed by atoms with Crippen molar-refractivity contribution in [3.05, 3.63) is 38.9 Å². The fraction of sp³-hybridized carbons (Fsp3) is 0.167. The topological polar surface area (TPSA) is 66.4 Å². The summed E-state index contributed by atoms with van der Waals surface area (Å²) in [6, 6.07) is 3.39. The predicted octanol–water partition coefficient (Wildman–Crippen LogP) is 3.32. The van der Waals surface area contributed by atoms with Gasteiger partial charge in [-0.1, -0.05) is 6.92 Å². The Hall–Kier alpha value is -1.66. The zero-order chi connectivity index (χ0) is 13.1. The minimum atomic E-state index is -1.03. The molecule has 0 bridgehead atoms. The van der Waals surface area contributed by atoms with E-state index >= 15 is 0 Å². The standard InChI is InChI=1S/C12H11NO3S2/c1-2-7-3-5-17-9(7)10(14)13-11-8(12(15)16)4-6-18-11/h3-6H,2H2,1H3,(H,13,14)(H,15,16). The molecular formula is C12H11NO3S2. The molecule has 94 valence electrons. The van der Waals surface area contributed by atoms with E-state index in [0.717, 1.165) is 12.0 Å². The van der Waals surface area contributed by atoms with Crippen molar-refractivity contribution in [1.82, 2.24) is 0 Å². The minimum absolute atomic E-state index is 0.128. The lowest BCUT2D eigenvalue weighted by atomic mass is 10.2. The van der Waals surface area contributed by atoms with Crippen molar-refractivity contribution in [2.75, 3.05) is 5.32 Å². The van der Waals surface area contributed by atoms with Gasteiger partial charge in [0.2, 0.25) is 0 Å². The van der Waals surface area contributed by atoms with Crippen molar-refractivity contribution in [3.63, 3.8) is 0 Å². The van der Waals surface area contributed by atoms with Gasteiger partial charge < -0.3 is 10.4 Å². The summed E-state index contributed by atoms with van der Waals surface area (Å²) in [4.78, 5) is 23.6. The maximum absolute atomic E-state index is 12.0. The van der Waals surface area contributed by atoms with E-state index in [4.69, 9.17) is 5.11 Å². The van der Waals surface area contributed by atoms with E-state index in [9.17, 15) is 9.59 Å². The Bertz CT molecular complexity index is 586. The van der Waals surface area contributed by atoms with Crippen LogP contribution in [0.25, 0.3) is 0 Å². The van der Waals surface area contributed by atoms with Crippen LogP contribution in [0, 0.1) is 0 Å². The third-order valence-corrected chi connectivity index (χ3v) is 4.24. The maximum atomic E-state index is 12.0. The second-order valence-electron chi connectivity index (χ2n) is 3.55. The monoisotopic (exact) mass is 281 g/mol. The van der Waals surface area contributed by atoms with Crippen molar-refractivity contribution in [2.45, 2.75) is 13.3 Å². The molecule has 0 aliphatic carbocycles. The van der Waals surface area contributed by atoms with Crippen molar-refractivity contribution in [1.29, 1.82) is 0 Å². The first-order chi connectivity index (χ1) is 8.63. The predicted molar refractivity (Wildman–Crippen MR) is 72.9 cm³/mol. The van der Waals surface area contributed by atoms with E-state index in [1.807, 2.05) is 18.4 Å². The summed E-state index contributed by atoms with van der Waals surface area (Å²) >= 11 is 2.57. The highest BCUT2D eigenvalue weighted by atomic mass is 32.1. The summed E-state index contributed by atoms with van der Waals surface area (Å²) in [5.74, 6) is -1.28. The molecular weight excluding hydrogens is 270 g/mol. The van der Waals surface area contributed by atoms with Crippen LogP contribution in [0.4, 0.5) is 5.00 Å². The summed E-state index contributed by atoms with van der Waals surface area (Å²) in [5.41, 5.74) is 1.11. The van der Waals surface area contributed by atoms with Crippen LogP contribution in [0.3, 0.4) is 0 Å². The summed E-state index contributed by atoms with van der Waals surface area (Å²) < 4.78 is 0. The Balaban J connectivity index is 2.22. The van der Waals surface area contributed by atoms with Gasteiger partial charge in [0.1, 0.15) is 5.00 Å². The molecule has 2 aromatic rings. The molecule has 0 fully saturated rings. The number of amides is 1. The Kier molecular flexibility index (Phi) is 3.78. The second-order valence-corrected chi connectivity index (χ2v) is 5.38. The lowest BCUT2D eigenvalue weighted by Crippen LogP contribution is -2.13. The molecule has 0 spiro atoms. The number of hydrogen-bond acceptors (Lipinski definition) is 4. The third kappa shape index (κ3) is 2.44. The van der Waals surface area contributed by atoms with Crippen LogP contribution in [-0.4, -0.2) is 17.0 Å². The van der Waals surface area contributed by atoms with Crippen molar-refractivity contribution < 1.29 is 14.7 Å². The van der Waals surface area contributed by atoms with Gasteiger partial charge >= 0.3 is 5.97 Å². The van der Waals surface area contributed by atoms with Crippen LogP contribution in [0.1, 0.15) is 32.5 Å². The zero-order valence-corrected chi connectivity index (χ0v) is 11.2. The molecule has 6 heteroatoms. The SMILES string of the molecule is CCc1ccsc1C(=O)Nc1sccc1C(=O)O. The number of anilines is 1. The average Bonchev–Trinajstić information content (AvgIpc) is 2.96. The lowest BCUT2D eigenvalue weighted by molar-refractivity contribution is 0.0698. The Morgan fingerprint density at radius 1 is 1.28 bits per heavy atom. The number of aromatic carboxylic acids is 1. The number of carbonyl (C=O) groups is 2. The van der Waals surface area contributed by atoms with E-state index in [2.05, 4.69) is 5.32 Å². The normalized spacial score (nSPS) is 10.3. The molecule has 0 atom stereocenters. The molecule has 0 unspecified atom stereocenters. The number of nitrogens with one attached hydrogen (secondary N) is 1. The molecule has 2 N–H and O–H groups in total. The summed E-state index contributed by atoms with van der Waals surface area (Å²) in [7, 11) is 0. The van der Waals surface area contributed by atoms with Crippen molar-refractivity contribution in [2.24, 2.45) is 0 Å². The molecule has 0 radical (unpaired) electrons. The molecule has 0 aromatic carbocycles. The number of carboxylic acid groups (broad SMARTS) is 1. The highest BCUT2D eigenvalue weighted by Gasteiger charge is 2.17. The average molecular weight is 281 g/mol. The molecule has 18 heavy (non-hydrogen) atoms. The van der Waals surface area contributed by atoms with Crippen LogP contribution >= 0.6 is 22.7 Å². The Labute approximate surface area is 112 Å². The fourth-order valence-corrected chi connectivity index (χ4v) is 3.21. The largest absolute Gasteiger partial charge is 0.478 e. The Morgan fingerprint density at radius 2 is 2.00 bits per heavy atom. The van der Waals surface area contributed by atoms with Gasteiger partial charge in [-0.25, -0.2) is 4.79 Å². The first kappa shape index (κ1) is 12.8. The van der Waals surface area contributed by atoms with Gasteiger partial charge in [-0.3, -0.25) is 4.79 Å². The number of hydrogen-bond donors (Lipinski definition) is 2. The van der Waals surface area contributed by atoms with E-state index in [-0.39, 0.29) is 11.5 Å². The van der Waals surface area contributed by atoms with E-state index < -0.39 is 5.97 Å². The van der Waals surface area contributed by atoms with Crippen LogP contribution in [0.5, 0.6) is 0 Å². The molecule has 2 heterocycles. The van der Waals surface area contributed by atoms with Gasteiger partial charge in [-0.2, -0.15) is 0 Å². The number of thiophene rings is 2. The molecule has 2 rings (SSSR count). The number of rotatable bonds is 4. The number of carboxylic acids is 1. The van der Waals surface area contributed by atoms with Crippen LogP contribution in [0.2, 0.25) is 0 Å². The van der Waals surface area contributed by atoms with Crippen LogP contribution in [0.15, 0.2) is 22.9 Å². The lowest BCUT2D eigenvalue weighted by Gasteiger charge is -2.04. The third-order valence-electron chi connectivity index (χ3n) is 2.46. The molecule has 0 saturated heterocycles. The molecule has 1 amide bonds. The first-order valence-electron chi connectivity index (χ1n) is 5.32. The van der Waals surface area contributed by atoms with Gasteiger partial charge in [-0.05, 0) is 34.9 Å². The highest BCUT2D eigenvalue weighted by Crippen LogP contribution is 2.25.